The van der Waals surface area contributed by atoms with Gasteiger partial charge >= 0.3 is 0 Å². The lowest BCUT2D eigenvalue weighted by Crippen LogP contribution is -2.21. The van der Waals surface area contributed by atoms with Crippen LogP contribution in [0, 0.1) is 0 Å². The van der Waals surface area contributed by atoms with Crippen LogP contribution in [0.3, 0.4) is 0 Å². The minimum Gasteiger partial charge on any atom is -0.305 e. The summed E-state index contributed by atoms with van der Waals surface area (Å²) in [4.78, 5) is 0. The van der Waals surface area contributed by atoms with E-state index in [0.29, 0.717) is 0 Å². The van der Waals surface area contributed by atoms with Crippen LogP contribution >= 0.6 is 11.8 Å². The van der Waals surface area contributed by atoms with Gasteiger partial charge in [0, 0.05) is 24.0 Å². The molecule has 5 heteroatoms. The van der Waals surface area contributed by atoms with E-state index in [1.165, 1.54) is 33.7 Å². The van der Waals surface area contributed by atoms with E-state index in [2.05, 4.69) is 69.6 Å². The van der Waals surface area contributed by atoms with Crippen molar-refractivity contribution >= 4 is 23.2 Å². The van der Waals surface area contributed by atoms with Gasteiger partial charge in [-0.2, -0.15) is 22.0 Å². The molecule has 0 saturated carbocycles. The Morgan fingerprint density at radius 1 is 0.720 bits per heavy atom. The number of thioether (sulfide) groups is 1. The highest BCUT2D eigenvalue weighted by atomic mass is 32.2. The molecule has 0 bridgehead atoms. The van der Waals surface area contributed by atoms with Crippen LogP contribution in [0.1, 0.15) is 35.1 Å². The molecule has 0 amide bonds. The van der Waals surface area contributed by atoms with Gasteiger partial charge in [0.1, 0.15) is 0 Å². The van der Waals surface area contributed by atoms with Gasteiger partial charge in [0.15, 0.2) is 0 Å². The molecule has 4 rings (SSSR count). The molecule has 2 N–H and O–H groups in total. The van der Waals surface area contributed by atoms with Crippen LogP contribution in [0.2, 0.25) is 0 Å². The quantitative estimate of drug-likeness (QED) is 0.784. The normalized spacial score (nSPS) is 15.2. The molecule has 0 saturated heterocycles. The van der Waals surface area contributed by atoms with Gasteiger partial charge in [-0.1, -0.05) is 48.5 Å². The largest absolute Gasteiger partial charge is 0.305 e. The highest BCUT2D eigenvalue weighted by Crippen LogP contribution is 2.19. The molecule has 128 valence electrons. The fourth-order valence-corrected chi connectivity index (χ4v) is 4.17. The van der Waals surface area contributed by atoms with Gasteiger partial charge in [0.2, 0.25) is 0 Å². The van der Waals surface area contributed by atoms with Crippen molar-refractivity contribution in [2.45, 2.75) is 25.9 Å². The summed E-state index contributed by atoms with van der Waals surface area (Å²) >= 11 is 1.97. The van der Waals surface area contributed by atoms with E-state index < -0.39 is 0 Å². The van der Waals surface area contributed by atoms with E-state index in [1.54, 1.807) is 0 Å². The lowest BCUT2D eigenvalue weighted by Gasteiger charge is -2.18. The zero-order valence-electron chi connectivity index (χ0n) is 14.2. The van der Waals surface area contributed by atoms with E-state index in [0.717, 1.165) is 37.4 Å². The zero-order chi connectivity index (χ0) is 16.9. The van der Waals surface area contributed by atoms with Crippen molar-refractivity contribution in [2.75, 3.05) is 11.5 Å². The second-order valence-corrected chi connectivity index (χ2v) is 7.44. The van der Waals surface area contributed by atoms with Crippen LogP contribution in [0.4, 0.5) is 0 Å². The molecule has 2 heterocycles. The minimum absolute atomic E-state index is 0.832. The third kappa shape index (κ3) is 3.71. The molecule has 2 aromatic carbocycles. The SMILES string of the molecule is c1ccc2c(c1)CNN=C2CCSCCC1=NNCc2ccccc21. The minimum atomic E-state index is 0.832. The van der Waals surface area contributed by atoms with Crippen LogP contribution in [0.15, 0.2) is 58.7 Å². The van der Waals surface area contributed by atoms with Crippen LogP contribution in [-0.4, -0.2) is 22.9 Å². The Morgan fingerprint density at radius 3 is 1.72 bits per heavy atom. The first-order valence-electron chi connectivity index (χ1n) is 8.75. The van der Waals surface area contributed by atoms with E-state index in [1.807, 2.05) is 11.8 Å². The number of nitrogens with one attached hydrogen (secondary N) is 2. The summed E-state index contributed by atoms with van der Waals surface area (Å²) in [5.74, 6) is 2.16. The molecule has 2 aliphatic rings. The topological polar surface area (TPSA) is 48.8 Å². The van der Waals surface area contributed by atoms with Crippen molar-refractivity contribution in [3.05, 3.63) is 70.8 Å². The molecule has 0 spiro atoms. The molecule has 0 aliphatic carbocycles. The van der Waals surface area contributed by atoms with Crippen molar-refractivity contribution in [2.24, 2.45) is 10.2 Å². The van der Waals surface area contributed by atoms with Gasteiger partial charge in [-0.15, -0.1) is 0 Å². The third-order valence-corrected chi connectivity index (χ3v) is 5.58. The smallest absolute Gasteiger partial charge is 0.0686 e. The molecule has 0 atom stereocenters. The van der Waals surface area contributed by atoms with Gasteiger partial charge in [-0.05, 0) is 22.6 Å². The number of hydrogen-bond donors (Lipinski definition) is 2. The zero-order valence-corrected chi connectivity index (χ0v) is 15.0. The molecular weight excluding hydrogens is 328 g/mol. The standard InChI is InChI=1S/C20H22N4S/c1-3-7-17-15(5-1)13-21-23-19(17)9-11-25-12-10-20-18-8-4-2-6-16(18)14-22-24-20/h1-8,21-22H,9-14H2. The fraction of sp³-hybridized carbons (Fsp3) is 0.300. The maximum Gasteiger partial charge on any atom is 0.0686 e. The highest BCUT2D eigenvalue weighted by Gasteiger charge is 2.14. The van der Waals surface area contributed by atoms with Gasteiger partial charge in [-0.3, -0.25) is 0 Å². The van der Waals surface area contributed by atoms with Crippen molar-refractivity contribution in [3.8, 4) is 0 Å². The molecule has 4 nitrogen and oxygen atoms in total. The Kier molecular flexibility index (Phi) is 5.02. The van der Waals surface area contributed by atoms with Crippen LogP contribution < -0.4 is 10.9 Å². The van der Waals surface area contributed by atoms with Gasteiger partial charge < -0.3 is 10.9 Å². The summed E-state index contributed by atoms with van der Waals surface area (Å²) in [5.41, 5.74) is 13.9. The predicted octanol–water partition coefficient (Wildman–Crippen LogP) is 3.51. The molecular formula is C20H22N4S. The van der Waals surface area contributed by atoms with Crippen LogP contribution in [-0.2, 0) is 13.1 Å². The van der Waals surface area contributed by atoms with E-state index in [9.17, 15) is 0 Å². The summed E-state index contributed by atoms with van der Waals surface area (Å²) < 4.78 is 0. The maximum atomic E-state index is 4.51. The maximum absolute atomic E-state index is 4.51. The van der Waals surface area contributed by atoms with Crippen molar-refractivity contribution < 1.29 is 0 Å². The Morgan fingerprint density at radius 2 is 1.20 bits per heavy atom. The van der Waals surface area contributed by atoms with Gasteiger partial charge in [0.25, 0.3) is 0 Å². The van der Waals surface area contributed by atoms with E-state index in [-0.39, 0.29) is 0 Å². The summed E-state index contributed by atoms with van der Waals surface area (Å²) in [7, 11) is 0. The van der Waals surface area contributed by atoms with E-state index in [4.69, 9.17) is 0 Å². The summed E-state index contributed by atoms with van der Waals surface area (Å²) in [6, 6.07) is 17.1. The second-order valence-electron chi connectivity index (χ2n) is 6.21. The molecule has 0 unspecified atom stereocenters. The first-order chi connectivity index (χ1) is 12.4. The Bertz CT molecular complexity index is 745. The van der Waals surface area contributed by atoms with E-state index >= 15 is 0 Å². The molecule has 2 aliphatic heterocycles. The lowest BCUT2D eigenvalue weighted by atomic mass is 10.0. The second kappa shape index (κ2) is 7.74. The number of fused-ring (bicyclic) bond motifs is 2. The third-order valence-electron chi connectivity index (χ3n) is 4.59. The van der Waals surface area contributed by atoms with Crippen molar-refractivity contribution in [1.29, 1.82) is 0 Å². The summed E-state index contributed by atoms with van der Waals surface area (Å²) in [6.45, 7) is 1.66. The van der Waals surface area contributed by atoms with Crippen molar-refractivity contribution in [1.82, 2.24) is 10.9 Å². The number of rotatable bonds is 6. The van der Waals surface area contributed by atoms with Crippen LogP contribution in [0.5, 0.6) is 0 Å². The summed E-state index contributed by atoms with van der Waals surface area (Å²) in [6.07, 6.45) is 1.99. The molecule has 25 heavy (non-hydrogen) atoms. The molecule has 0 radical (unpaired) electrons. The predicted molar refractivity (Wildman–Crippen MR) is 106 cm³/mol. The first-order valence-corrected chi connectivity index (χ1v) is 9.90. The lowest BCUT2D eigenvalue weighted by molar-refractivity contribution is 0.724. The number of nitrogens with zero attached hydrogens (tertiary/aromatic N) is 2. The summed E-state index contributed by atoms with van der Waals surface area (Å²) in [5, 5.41) is 9.02. The molecule has 2 aromatic rings. The fourth-order valence-electron chi connectivity index (χ4n) is 3.29. The Labute approximate surface area is 152 Å². The van der Waals surface area contributed by atoms with Crippen molar-refractivity contribution in [3.63, 3.8) is 0 Å². The first kappa shape index (κ1) is 16.2. The molecule has 0 aromatic heterocycles. The average Bonchev–Trinajstić information content (AvgIpc) is 2.68. The number of hydrogen-bond acceptors (Lipinski definition) is 5. The highest BCUT2D eigenvalue weighted by molar-refractivity contribution is 7.99. The monoisotopic (exact) mass is 350 g/mol. The number of hydrazone groups is 2. The van der Waals surface area contributed by atoms with Crippen LogP contribution in [0.25, 0.3) is 0 Å². The average molecular weight is 350 g/mol. The Balaban J connectivity index is 1.27. The number of benzene rings is 2. The van der Waals surface area contributed by atoms with Gasteiger partial charge in [-0.25, -0.2) is 0 Å². The molecule has 0 fully saturated rings. The Hall–Kier alpha value is -2.27. The van der Waals surface area contributed by atoms with Gasteiger partial charge in [0.05, 0.1) is 24.5 Å².